The Labute approximate surface area is 89.2 Å². The third-order valence-corrected chi connectivity index (χ3v) is 2.62. The molecule has 78 valence electrons. The van der Waals surface area contributed by atoms with Crippen molar-refractivity contribution in [1.82, 2.24) is 0 Å². The van der Waals surface area contributed by atoms with Gasteiger partial charge in [-0.2, -0.15) is 0 Å². The van der Waals surface area contributed by atoms with Gasteiger partial charge in [-0.15, -0.1) is 0 Å². The van der Waals surface area contributed by atoms with Crippen LogP contribution >= 0.6 is 0 Å². The standard InChI is InChI=1S/C12H14N2O/c1-2-12(15)14-8-10(13)7-9-5-3-4-6-11(9)14/h2-6,10H,1,7-8,13H2. The van der Waals surface area contributed by atoms with Crippen molar-refractivity contribution in [3.63, 3.8) is 0 Å². The topological polar surface area (TPSA) is 46.3 Å². The summed E-state index contributed by atoms with van der Waals surface area (Å²) in [7, 11) is 0. The average molecular weight is 202 g/mol. The van der Waals surface area contributed by atoms with Crippen LogP contribution in [0.3, 0.4) is 0 Å². The van der Waals surface area contributed by atoms with Gasteiger partial charge in [0, 0.05) is 18.3 Å². The Morgan fingerprint density at radius 3 is 3.00 bits per heavy atom. The van der Waals surface area contributed by atoms with Crippen LogP contribution in [0.4, 0.5) is 5.69 Å². The molecule has 1 aliphatic heterocycles. The Hall–Kier alpha value is -1.61. The van der Waals surface area contributed by atoms with Gasteiger partial charge in [0.05, 0.1) is 0 Å². The zero-order valence-corrected chi connectivity index (χ0v) is 8.52. The summed E-state index contributed by atoms with van der Waals surface area (Å²) >= 11 is 0. The molecule has 1 heterocycles. The van der Waals surface area contributed by atoms with Crippen molar-refractivity contribution in [1.29, 1.82) is 0 Å². The molecule has 0 fully saturated rings. The Bertz CT molecular complexity index is 400. The molecule has 0 aromatic heterocycles. The lowest BCUT2D eigenvalue weighted by Crippen LogP contribution is -2.45. The molecule has 3 heteroatoms. The van der Waals surface area contributed by atoms with Crippen LogP contribution in [0.25, 0.3) is 0 Å². The summed E-state index contributed by atoms with van der Waals surface area (Å²) in [4.78, 5) is 13.3. The van der Waals surface area contributed by atoms with E-state index in [0.717, 1.165) is 17.7 Å². The van der Waals surface area contributed by atoms with E-state index >= 15 is 0 Å². The minimum Gasteiger partial charge on any atom is -0.326 e. The van der Waals surface area contributed by atoms with Crippen LogP contribution in [0.15, 0.2) is 36.9 Å². The fourth-order valence-electron chi connectivity index (χ4n) is 1.95. The van der Waals surface area contributed by atoms with Crippen LogP contribution in [0, 0.1) is 0 Å². The number of benzene rings is 1. The number of anilines is 1. The summed E-state index contributed by atoms with van der Waals surface area (Å²) in [6.45, 7) is 4.07. The molecule has 0 aliphatic carbocycles. The zero-order valence-electron chi connectivity index (χ0n) is 8.52. The second-order valence-corrected chi connectivity index (χ2v) is 3.75. The summed E-state index contributed by atoms with van der Waals surface area (Å²) < 4.78 is 0. The van der Waals surface area contributed by atoms with Crippen LogP contribution in [0.2, 0.25) is 0 Å². The Morgan fingerprint density at radius 1 is 1.53 bits per heavy atom. The summed E-state index contributed by atoms with van der Waals surface area (Å²) in [6.07, 6.45) is 2.16. The number of para-hydroxylation sites is 1. The molecule has 15 heavy (non-hydrogen) atoms. The predicted octanol–water partition coefficient (Wildman–Crippen LogP) is 1.09. The van der Waals surface area contributed by atoms with Crippen molar-refractivity contribution in [2.75, 3.05) is 11.4 Å². The van der Waals surface area contributed by atoms with Gasteiger partial charge in [0.15, 0.2) is 0 Å². The highest BCUT2D eigenvalue weighted by Crippen LogP contribution is 2.26. The van der Waals surface area contributed by atoms with Crippen molar-refractivity contribution >= 4 is 11.6 Å². The van der Waals surface area contributed by atoms with Crippen molar-refractivity contribution in [2.45, 2.75) is 12.5 Å². The number of carbonyl (C=O) groups excluding carboxylic acids is 1. The third kappa shape index (κ3) is 1.78. The van der Waals surface area contributed by atoms with Gasteiger partial charge in [0.2, 0.25) is 5.91 Å². The highest BCUT2D eigenvalue weighted by Gasteiger charge is 2.24. The smallest absolute Gasteiger partial charge is 0.250 e. The molecule has 2 N–H and O–H groups in total. The van der Waals surface area contributed by atoms with Crippen LogP contribution in [0.5, 0.6) is 0 Å². The lowest BCUT2D eigenvalue weighted by atomic mass is 9.98. The zero-order chi connectivity index (χ0) is 10.8. The first-order chi connectivity index (χ1) is 7.22. The van der Waals surface area contributed by atoms with Gasteiger partial charge in [-0.1, -0.05) is 24.8 Å². The van der Waals surface area contributed by atoms with Gasteiger partial charge >= 0.3 is 0 Å². The monoisotopic (exact) mass is 202 g/mol. The van der Waals surface area contributed by atoms with Crippen LogP contribution in [-0.2, 0) is 11.2 Å². The number of rotatable bonds is 1. The molecule has 1 unspecified atom stereocenters. The maximum Gasteiger partial charge on any atom is 0.250 e. The molecule has 1 aromatic carbocycles. The Balaban J connectivity index is 2.42. The van der Waals surface area contributed by atoms with E-state index in [4.69, 9.17) is 5.73 Å². The van der Waals surface area contributed by atoms with E-state index in [1.54, 1.807) is 4.90 Å². The first-order valence-electron chi connectivity index (χ1n) is 5.00. The molecular weight excluding hydrogens is 188 g/mol. The van der Waals surface area contributed by atoms with Crippen LogP contribution in [0.1, 0.15) is 5.56 Å². The maximum atomic E-state index is 11.6. The first-order valence-corrected chi connectivity index (χ1v) is 5.00. The molecule has 0 saturated carbocycles. The van der Waals surface area contributed by atoms with E-state index in [9.17, 15) is 4.79 Å². The molecule has 0 saturated heterocycles. The number of hydrogen-bond acceptors (Lipinski definition) is 2. The fourth-order valence-corrected chi connectivity index (χ4v) is 1.95. The fraction of sp³-hybridized carbons (Fsp3) is 0.250. The minimum atomic E-state index is -0.0856. The highest BCUT2D eigenvalue weighted by atomic mass is 16.2. The number of hydrogen-bond donors (Lipinski definition) is 1. The van der Waals surface area contributed by atoms with Gasteiger partial charge in [0.1, 0.15) is 0 Å². The molecule has 1 amide bonds. The van der Waals surface area contributed by atoms with Crippen LogP contribution in [-0.4, -0.2) is 18.5 Å². The average Bonchev–Trinajstić information content (AvgIpc) is 2.26. The third-order valence-electron chi connectivity index (χ3n) is 2.62. The van der Waals surface area contributed by atoms with Gasteiger partial charge in [-0.05, 0) is 24.1 Å². The molecule has 0 bridgehead atoms. The summed E-state index contributed by atoms with van der Waals surface area (Å²) in [5.74, 6) is -0.0856. The quantitative estimate of drug-likeness (QED) is 0.693. The van der Waals surface area contributed by atoms with E-state index in [-0.39, 0.29) is 11.9 Å². The molecule has 1 aromatic rings. The van der Waals surface area contributed by atoms with Gasteiger partial charge < -0.3 is 10.6 Å². The number of nitrogens with zero attached hydrogens (tertiary/aromatic N) is 1. The second kappa shape index (κ2) is 3.87. The van der Waals surface area contributed by atoms with Gasteiger partial charge in [-0.25, -0.2) is 0 Å². The van der Waals surface area contributed by atoms with E-state index in [1.807, 2.05) is 24.3 Å². The van der Waals surface area contributed by atoms with E-state index in [1.165, 1.54) is 6.08 Å². The van der Waals surface area contributed by atoms with Crippen LogP contribution < -0.4 is 10.6 Å². The van der Waals surface area contributed by atoms with E-state index < -0.39 is 0 Å². The summed E-state index contributed by atoms with van der Waals surface area (Å²) in [6, 6.07) is 7.87. The summed E-state index contributed by atoms with van der Waals surface area (Å²) in [5, 5.41) is 0. The normalized spacial score (nSPS) is 19.5. The Kier molecular flexibility index (Phi) is 2.56. The SMILES string of the molecule is C=CC(=O)N1CC(N)Cc2ccccc21. The van der Waals surface area contributed by atoms with Crippen molar-refractivity contribution in [2.24, 2.45) is 5.73 Å². The van der Waals surface area contributed by atoms with Crippen molar-refractivity contribution in [3.8, 4) is 0 Å². The molecule has 1 aliphatic rings. The minimum absolute atomic E-state index is 0.0174. The number of amides is 1. The highest BCUT2D eigenvalue weighted by molar-refractivity contribution is 6.02. The largest absolute Gasteiger partial charge is 0.326 e. The van der Waals surface area contributed by atoms with Gasteiger partial charge in [-0.3, -0.25) is 4.79 Å². The predicted molar refractivity (Wildman–Crippen MR) is 60.7 cm³/mol. The van der Waals surface area contributed by atoms with Gasteiger partial charge in [0.25, 0.3) is 0 Å². The molecule has 1 atom stereocenters. The van der Waals surface area contributed by atoms with E-state index in [0.29, 0.717) is 6.54 Å². The number of nitrogens with two attached hydrogens (primary N) is 1. The first kappa shape index (κ1) is 9.93. The van der Waals surface area contributed by atoms with Crippen molar-refractivity contribution < 1.29 is 4.79 Å². The second-order valence-electron chi connectivity index (χ2n) is 3.75. The molecule has 2 rings (SSSR count). The Morgan fingerprint density at radius 2 is 2.27 bits per heavy atom. The lowest BCUT2D eigenvalue weighted by Gasteiger charge is -2.32. The number of fused-ring (bicyclic) bond motifs is 1. The molecular formula is C12H14N2O. The number of carbonyl (C=O) groups is 1. The summed E-state index contributed by atoms with van der Waals surface area (Å²) in [5.41, 5.74) is 8.00. The molecule has 3 nitrogen and oxygen atoms in total. The maximum absolute atomic E-state index is 11.6. The molecule has 0 radical (unpaired) electrons. The van der Waals surface area contributed by atoms with Crippen molar-refractivity contribution in [3.05, 3.63) is 42.5 Å². The molecule has 0 spiro atoms. The van der Waals surface area contributed by atoms with E-state index in [2.05, 4.69) is 6.58 Å². The lowest BCUT2D eigenvalue weighted by molar-refractivity contribution is -0.114.